The fraction of sp³-hybridized carbons (Fsp3) is 0.286. The lowest BCUT2D eigenvalue weighted by Gasteiger charge is -2.25. The molecule has 4 amide bonds. The van der Waals surface area contributed by atoms with Gasteiger partial charge in [0.1, 0.15) is 11.5 Å². The van der Waals surface area contributed by atoms with Gasteiger partial charge in [-0.1, -0.05) is 0 Å². The largest absolute Gasteiger partial charge is 0.497 e. The van der Waals surface area contributed by atoms with Crippen LogP contribution in [0.5, 0.6) is 11.5 Å². The minimum Gasteiger partial charge on any atom is -0.497 e. The zero-order valence-electron chi connectivity index (χ0n) is 16.4. The Bertz CT molecular complexity index is 895. The van der Waals surface area contributed by atoms with E-state index in [2.05, 4.69) is 10.6 Å². The summed E-state index contributed by atoms with van der Waals surface area (Å²) in [5.41, 5.74) is 1.83. The van der Waals surface area contributed by atoms with Crippen molar-refractivity contribution in [3.05, 3.63) is 48.0 Å². The second-order valence-corrected chi connectivity index (χ2v) is 6.51. The number of carbonyl (C=O) groups is 3. The first-order valence-corrected chi connectivity index (χ1v) is 9.23. The zero-order chi connectivity index (χ0) is 20.8. The second kappa shape index (κ2) is 9.09. The van der Waals surface area contributed by atoms with Gasteiger partial charge in [0.25, 0.3) is 0 Å². The van der Waals surface area contributed by atoms with E-state index in [9.17, 15) is 14.4 Å². The van der Waals surface area contributed by atoms with Gasteiger partial charge < -0.3 is 20.1 Å². The van der Waals surface area contributed by atoms with Crippen LogP contribution in [0.3, 0.4) is 0 Å². The number of nitrogens with zero attached hydrogens (tertiary/aromatic N) is 1. The van der Waals surface area contributed by atoms with Gasteiger partial charge in [-0.05, 0) is 48.9 Å². The van der Waals surface area contributed by atoms with Gasteiger partial charge in [-0.15, -0.1) is 0 Å². The van der Waals surface area contributed by atoms with Gasteiger partial charge in [-0.25, -0.2) is 4.79 Å². The number of piperidine rings is 1. The van der Waals surface area contributed by atoms with Crippen molar-refractivity contribution in [1.82, 2.24) is 5.32 Å². The summed E-state index contributed by atoms with van der Waals surface area (Å²) in [7, 11) is 3.13. The highest BCUT2D eigenvalue weighted by Gasteiger charge is 2.27. The molecule has 0 bridgehead atoms. The minimum atomic E-state index is -0.396. The van der Waals surface area contributed by atoms with E-state index in [1.165, 1.54) is 4.90 Å². The van der Waals surface area contributed by atoms with Crippen LogP contribution in [0.25, 0.3) is 0 Å². The van der Waals surface area contributed by atoms with Crippen molar-refractivity contribution in [3.63, 3.8) is 0 Å². The number of hydrogen-bond acceptors (Lipinski definition) is 5. The summed E-state index contributed by atoms with van der Waals surface area (Å²) in [6, 6.07) is 11.5. The van der Waals surface area contributed by atoms with Crippen molar-refractivity contribution >= 4 is 29.2 Å². The summed E-state index contributed by atoms with van der Waals surface area (Å²) < 4.78 is 10.5. The molecule has 1 saturated heterocycles. The van der Waals surface area contributed by atoms with Crippen LogP contribution in [0.1, 0.15) is 24.8 Å². The van der Waals surface area contributed by atoms with Crippen LogP contribution in [0.4, 0.5) is 16.2 Å². The van der Waals surface area contributed by atoms with Gasteiger partial charge in [0, 0.05) is 30.6 Å². The van der Waals surface area contributed by atoms with Gasteiger partial charge >= 0.3 is 6.03 Å². The number of anilines is 2. The number of nitrogens with one attached hydrogen (secondary N) is 2. The molecule has 1 heterocycles. The van der Waals surface area contributed by atoms with E-state index in [1.54, 1.807) is 56.7 Å². The molecular weight excluding hydrogens is 374 g/mol. The monoisotopic (exact) mass is 397 g/mol. The first-order chi connectivity index (χ1) is 14.0. The second-order valence-electron chi connectivity index (χ2n) is 6.51. The van der Waals surface area contributed by atoms with Crippen molar-refractivity contribution in [2.75, 3.05) is 24.4 Å². The Morgan fingerprint density at radius 1 is 1.00 bits per heavy atom. The number of methoxy groups -OCH3 is 2. The average Bonchev–Trinajstić information content (AvgIpc) is 2.73. The van der Waals surface area contributed by atoms with E-state index in [4.69, 9.17) is 9.47 Å². The SMILES string of the molecule is COc1ccc(OC)c(CNC(=O)Nc2ccc(N3C(=O)CCCC3=O)cc2)c1. The van der Waals surface area contributed by atoms with Crippen molar-refractivity contribution in [2.24, 2.45) is 0 Å². The normalized spacial score (nSPS) is 13.8. The Kier molecular flexibility index (Phi) is 6.33. The molecular formula is C21H23N3O5. The number of hydrogen-bond donors (Lipinski definition) is 2. The number of imide groups is 1. The quantitative estimate of drug-likeness (QED) is 0.730. The Labute approximate surface area is 168 Å². The van der Waals surface area contributed by atoms with Crippen LogP contribution in [0.15, 0.2) is 42.5 Å². The molecule has 1 aliphatic rings. The molecule has 2 aromatic carbocycles. The molecule has 3 rings (SSSR count). The fourth-order valence-corrected chi connectivity index (χ4v) is 3.11. The minimum absolute atomic E-state index is 0.202. The topological polar surface area (TPSA) is 97.0 Å². The predicted molar refractivity (Wildman–Crippen MR) is 108 cm³/mol. The summed E-state index contributed by atoms with van der Waals surface area (Å²) in [5.74, 6) is 0.908. The van der Waals surface area contributed by atoms with Crippen LogP contribution in [0.2, 0.25) is 0 Å². The van der Waals surface area contributed by atoms with Gasteiger partial charge in [0.05, 0.1) is 19.9 Å². The summed E-state index contributed by atoms with van der Waals surface area (Å²) in [6.45, 7) is 0.251. The molecule has 0 spiro atoms. The maximum Gasteiger partial charge on any atom is 0.319 e. The van der Waals surface area contributed by atoms with Crippen molar-refractivity contribution in [3.8, 4) is 11.5 Å². The van der Waals surface area contributed by atoms with Crippen LogP contribution >= 0.6 is 0 Å². The lowest BCUT2D eigenvalue weighted by Crippen LogP contribution is -2.40. The highest BCUT2D eigenvalue weighted by Crippen LogP contribution is 2.25. The zero-order valence-corrected chi connectivity index (χ0v) is 16.4. The van der Waals surface area contributed by atoms with E-state index in [-0.39, 0.29) is 18.4 Å². The van der Waals surface area contributed by atoms with Crippen molar-refractivity contribution in [1.29, 1.82) is 0 Å². The summed E-state index contributed by atoms with van der Waals surface area (Å²) in [6.07, 6.45) is 1.32. The lowest BCUT2D eigenvalue weighted by molar-refractivity contribution is -0.129. The standard InChI is InChI=1S/C21H23N3O5/c1-28-17-10-11-18(29-2)14(12-17)13-22-21(27)23-15-6-8-16(9-7-15)24-19(25)4-3-5-20(24)26/h6-12H,3-5,13H2,1-2H3,(H2,22,23,27). The molecule has 2 N–H and O–H groups in total. The lowest BCUT2D eigenvalue weighted by atomic mass is 10.1. The Balaban J connectivity index is 1.60. The number of rotatable bonds is 6. The van der Waals surface area contributed by atoms with Crippen molar-refractivity contribution < 1.29 is 23.9 Å². The third-order valence-corrected chi connectivity index (χ3v) is 4.59. The van der Waals surface area contributed by atoms with E-state index in [0.29, 0.717) is 42.1 Å². The van der Waals surface area contributed by atoms with Gasteiger partial charge in [0.2, 0.25) is 11.8 Å². The molecule has 0 aliphatic carbocycles. The number of amides is 4. The van der Waals surface area contributed by atoms with Gasteiger partial charge in [-0.2, -0.15) is 0 Å². The Morgan fingerprint density at radius 2 is 1.69 bits per heavy atom. The molecule has 29 heavy (non-hydrogen) atoms. The molecule has 0 atom stereocenters. The first-order valence-electron chi connectivity index (χ1n) is 9.23. The van der Waals surface area contributed by atoms with E-state index in [1.807, 2.05) is 0 Å². The van der Waals surface area contributed by atoms with Crippen LogP contribution in [-0.2, 0) is 16.1 Å². The molecule has 0 radical (unpaired) electrons. The third kappa shape index (κ3) is 4.84. The van der Waals surface area contributed by atoms with Crippen LogP contribution < -0.4 is 25.0 Å². The number of ether oxygens (including phenoxy) is 2. The maximum absolute atomic E-state index is 12.2. The van der Waals surface area contributed by atoms with E-state index >= 15 is 0 Å². The number of urea groups is 1. The summed E-state index contributed by atoms with van der Waals surface area (Å²) in [5, 5.41) is 5.48. The molecule has 1 fully saturated rings. The van der Waals surface area contributed by atoms with E-state index < -0.39 is 6.03 Å². The molecule has 152 valence electrons. The number of carbonyl (C=O) groups excluding carboxylic acids is 3. The molecule has 1 aliphatic heterocycles. The van der Waals surface area contributed by atoms with Crippen molar-refractivity contribution in [2.45, 2.75) is 25.8 Å². The third-order valence-electron chi connectivity index (χ3n) is 4.59. The smallest absolute Gasteiger partial charge is 0.319 e. The molecule has 8 nitrogen and oxygen atoms in total. The average molecular weight is 397 g/mol. The van der Waals surface area contributed by atoms with Gasteiger partial charge in [0.15, 0.2) is 0 Å². The fourth-order valence-electron chi connectivity index (χ4n) is 3.11. The highest BCUT2D eigenvalue weighted by atomic mass is 16.5. The van der Waals surface area contributed by atoms with Crippen LogP contribution in [0, 0.1) is 0 Å². The molecule has 8 heteroatoms. The summed E-state index contributed by atoms with van der Waals surface area (Å²) in [4.78, 5) is 37.4. The molecule has 0 unspecified atom stereocenters. The van der Waals surface area contributed by atoms with Gasteiger partial charge in [-0.3, -0.25) is 14.5 Å². The Morgan fingerprint density at radius 3 is 2.31 bits per heavy atom. The highest BCUT2D eigenvalue weighted by molar-refractivity contribution is 6.16. The maximum atomic E-state index is 12.2. The molecule has 2 aromatic rings. The summed E-state index contributed by atoms with van der Waals surface area (Å²) >= 11 is 0. The van der Waals surface area contributed by atoms with E-state index in [0.717, 1.165) is 5.56 Å². The molecule has 0 saturated carbocycles. The van der Waals surface area contributed by atoms with Crippen LogP contribution in [-0.4, -0.2) is 32.1 Å². The predicted octanol–water partition coefficient (Wildman–Crippen LogP) is 3.07. The first kappa shape index (κ1) is 20.2. The molecule has 0 aromatic heterocycles. The number of benzene rings is 2. The Hall–Kier alpha value is -3.55.